The lowest BCUT2D eigenvalue weighted by atomic mass is 10.2. The van der Waals surface area contributed by atoms with Crippen LogP contribution in [0.2, 0.25) is 0 Å². The first-order valence-corrected chi connectivity index (χ1v) is 11.3. The summed E-state index contributed by atoms with van der Waals surface area (Å²) in [4.78, 5) is 12.5. The summed E-state index contributed by atoms with van der Waals surface area (Å²) in [5.41, 5.74) is 2.94. The first-order chi connectivity index (χ1) is 14.4. The highest BCUT2D eigenvalue weighted by Crippen LogP contribution is 2.23. The molecule has 0 atom stereocenters. The summed E-state index contributed by atoms with van der Waals surface area (Å²) in [5.74, 6) is -0.0520. The van der Waals surface area contributed by atoms with E-state index in [9.17, 15) is 18.3 Å². The number of hydrogen-bond donors (Lipinski definition) is 2. The third-order valence-corrected chi connectivity index (χ3v) is 6.63. The number of amides is 1. The van der Waals surface area contributed by atoms with Crippen molar-refractivity contribution in [2.75, 3.05) is 19.7 Å². The molecule has 2 N–H and O–H groups in total. The fraction of sp³-hybridized carbons (Fsp3) is 0.333. The first-order valence-electron chi connectivity index (χ1n) is 9.81. The lowest BCUT2D eigenvalue weighted by Crippen LogP contribution is -2.35. The molecular formula is C21H25N3O5S. The van der Waals surface area contributed by atoms with Gasteiger partial charge in [0.15, 0.2) is 0 Å². The SMILES string of the molecule is CCOc1ccc(/C=N/NC(=O)c2cccc(S(=O)(=O)N3CCCCC3)c2)c(O)c1. The van der Waals surface area contributed by atoms with E-state index in [2.05, 4.69) is 10.5 Å². The van der Waals surface area contributed by atoms with Crippen LogP contribution < -0.4 is 10.2 Å². The Bertz CT molecular complexity index is 1030. The Morgan fingerprint density at radius 3 is 2.67 bits per heavy atom. The van der Waals surface area contributed by atoms with Crippen molar-refractivity contribution in [1.29, 1.82) is 0 Å². The van der Waals surface area contributed by atoms with E-state index in [4.69, 9.17) is 4.74 Å². The van der Waals surface area contributed by atoms with Gasteiger partial charge in [0.2, 0.25) is 10.0 Å². The monoisotopic (exact) mass is 431 g/mol. The minimum absolute atomic E-state index is 0.0337. The molecule has 0 saturated carbocycles. The summed E-state index contributed by atoms with van der Waals surface area (Å²) in [5, 5.41) is 13.8. The van der Waals surface area contributed by atoms with E-state index >= 15 is 0 Å². The molecule has 0 spiro atoms. The number of rotatable bonds is 7. The van der Waals surface area contributed by atoms with Crippen molar-refractivity contribution in [3.05, 3.63) is 53.6 Å². The number of hydrogen-bond acceptors (Lipinski definition) is 6. The Morgan fingerprint density at radius 2 is 1.97 bits per heavy atom. The zero-order valence-corrected chi connectivity index (χ0v) is 17.6. The Labute approximate surface area is 176 Å². The maximum absolute atomic E-state index is 12.8. The number of hydrazone groups is 1. The van der Waals surface area contributed by atoms with Crippen LogP contribution in [0.3, 0.4) is 0 Å². The van der Waals surface area contributed by atoms with Gasteiger partial charge in [0.25, 0.3) is 5.91 Å². The molecule has 2 aromatic carbocycles. The lowest BCUT2D eigenvalue weighted by molar-refractivity contribution is 0.0955. The van der Waals surface area contributed by atoms with E-state index in [-0.39, 0.29) is 16.2 Å². The topological polar surface area (TPSA) is 108 Å². The summed E-state index contributed by atoms with van der Waals surface area (Å²) < 4.78 is 32.4. The van der Waals surface area contributed by atoms with Crippen molar-refractivity contribution in [2.24, 2.45) is 5.10 Å². The Kier molecular flexibility index (Phi) is 7.07. The number of carbonyl (C=O) groups excluding carboxylic acids is 1. The standard InChI is InChI=1S/C21H25N3O5S/c1-2-29-18-10-9-17(20(25)14-18)15-22-23-21(26)16-7-6-8-19(13-16)30(27,28)24-11-4-3-5-12-24/h6-10,13-15,25H,2-5,11-12H2,1H3,(H,23,26)/b22-15+. The van der Waals surface area contributed by atoms with Crippen LogP contribution in [0.5, 0.6) is 11.5 Å². The highest BCUT2D eigenvalue weighted by atomic mass is 32.2. The van der Waals surface area contributed by atoms with Gasteiger partial charge in [-0.1, -0.05) is 12.5 Å². The highest BCUT2D eigenvalue weighted by molar-refractivity contribution is 7.89. The molecule has 0 bridgehead atoms. The second-order valence-electron chi connectivity index (χ2n) is 6.85. The van der Waals surface area contributed by atoms with Crippen molar-refractivity contribution >= 4 is 22.1 Å². The minimum Gasteiger partial charge on any atom is -0.507 e. The summed E-state index contributed by atoms with van der Waals surface area (Å²) in [7, 11) is -3.63. The van der Waals surface area contributed by atoms with Crippen molar-refractivity contribution in [3.63, 3.8) is 0 Å². The molecule has 1 aliphatic rings. The van der Waals surface area contributed by atoms with Crippen molar-refractivity contribution < 1.29 is 23.1 Å². The third kappa shape index (κ3) is 5.17. The molecule has 1 saturated heterocycles. The van der Waals surface area contributed by atoms with Crippen LogP contribution in [0.1, 0.15) is 42.1 Å². The number of nitrogens with zero attached hydrogens (tertiary/aromatic N) is 2. The summed E-state index contributed by atoms with van der Waals surface area (Å²) in [6.45, 7) is 3.31. The Balaban J connectivity index is 1.69. The van der Waals surface area contributed by atoms with Gasteiger partial charge in [-0.05, 0) is 50.1 Å². The quantitative estimate of drug-likeness (QED) is 0.518. The van der Waals surface area contributed by atoms with Gasteiger partial charge in [0.1, 0.15) is 11.5 Å². The summed E-state index contributed by atoms with van der Waals surface area (Å²) in [6.07, 6.45) is 4.01. The van der Waals surface area contributed by atoms with Gasteiger partial charge in [-0.2, -0.15) is 9.41 Å². The predicted octanol–water partition coefficient (Wildman–Crippen LogP) is 2.73. The molecule has 0 aliphatic carbocycles. The third-order valence-electron chi connectivity index (χ3n) is 4.73. The van der Waals surface area contributed by atoms with Crippen molar-refractivity contribution in [3.8, 4) is 11.5 Å². The fourth-order valence-corrected chi connectivity index (χ4v) is 4.73. The van der Waals surface area contributed by atoms with Crippen molar-refractivity contribution in [2.45, 2.75) is 31.1 Å². The smallest absolute Gasteiger partial charge is 0.271 e. The van der Waals surface area contributed by atoms with Gasteiger partial charge in [-0.15, -0.1) is 0 Å². The Hall–Kier alpha value is -2.91. The van der Waals surface area contributed by atoms with Gasteiger partial charge < -0.3 is 9.84 Å². The second kappa shape index (κ2) is 9.73. The average molecular weight is 432 g/mol. The number of aromatic hydroxyl groups is 1. The van der Waals surface area contributed by atoms with Gasteiger partial charge in [0, 0.05) is 30.3 Å². The molecule has 160 valence electrons. The molecular weight excluding hydrogens is 406 g/mol. The predicted molar refractivity (Wildman–Crippen MR) is 113 cm³/mol. The molecule has 1 heterocycles. The van der Waals surface area contributed by atoms with Crippen molar-refractivity contribution in [1.82, 2.24) is 9.73 Å². The molecule has 1 aliphatic heterocycles. The van der Waals surface area contributed by atoms with Crippen LogP contribution in [0, 0.1) is 0 Å². The van der Waals surface area contributed by atoms with Gasteiger partial charge in [-0.3, -0.25) is 4.79 Å². The average Bonchev–Trinajstić information content (AvgIpc) is 2.76. The number of piperidine rings is 1. The first kappa shape index (κ1) is 21.8. The molecule has 9 heteroatoms. The van der Waals surface area contributed by atoms with E-state index in [0.717, 1.165) is 19.3 Å². The molecule has 8 nitrogen and oxygen atoms in total. The van der Waals surface area contributed by atoms with Crippen LogP contribution in [0.25, 0.3) is 0 Å². The number of sulfonamides is 1. The number of phenols is 1. The molecule has 0 aromatic heterocycles. The Morgan fingerprint density at radius 1 is 1.20 bits per heavy atom. The lowest BCUT2D eigenvalue weighted by Gasteiger charge is -2.25. The number of nitrogens with one attached hydrogen (secondary N) is 1. The zero-order valence-electron chi connectivity index (χ0n) is 16.7. The molecule has 0 unspecified atom stereocenters. The molecule has 30 heavy (non-hydrogen) atoms. The molecule has 3 rings (SSSR count). The maximum atomic E-state index is 12.8. The van der Waals surface area contributed by atoms with Gasteiger partial charge >= 0.3 is 0 Å². The van der Waals surface area contributed by atoms with Gasteiger partial charge in [0.05, 0.1) is 17.7 Å². The van der Waals surface area contributed by atoms with Crippen LogP contribution in [-0.2, 0) is 10.0 Å². The normalized spacial score (nSPS) is 15.2. The molecule has 1 fully saturated rings. The van der Waals surface area contributed by atoms with Crippen LogP contribution >= 0.6 is 0 Å². The second-order valence-corrected chi connectivity index (χ2v) is 8.78. The highest BCUT2D eigenvalue weighted by Gasteiger charge is 2.26. The largest absolute Gasteiger partial charge is 0.507 e. The minimum atomic E-state index is -3.63. The molecule has 0 radical (unpaired) electrons. The van der Waals surface area contributed by atoms with Crippen LogP contribution in [0.4, 0.5) is 0 Å². The fourth-order valence-electron chi connectivity index (χ4n) is 3.17. The molecule has 1 amide bonds. The van der Waals surface area contributed by atoms with E-state index in [1.807, 2.05) is 6.92 Å². The van der Waals surface area contributed by atoms with E-state index in [1.165, 1.54) is 40.9 Å². The van der Waals surface area contributed by atoms with Crippen LogP contribution in [-0.4, -0.2) is 49.6 Å². The van der Waals surface area contributed by atoms with Gasteiger partial charge in [-0.25, -0.2) is 13.8 Å². The number of phenolic OH excluding ortho intramolecular Hbond substituents is 1. The van der Waals surface area contributed by atoms with E-state index < -0.39 is 15.9 Å². The number of benzene rings is 2. The number of carbonyl (C=O) groups is 1. The summed E-state index contributed by atoms with van der Waals surface area (Å²) in [6, 6.07) is 10.7. The zero-order chi connectivity index (χ0) is 21.6. The van der Waals surface area contributed by atoms with E-state index in [1.54, 1.807) is 12.1 Å². The number of ether oxygens (including phenoxy) is 1. The van der Waals surface area contributed by atoms with E-state index in [0.29, 0.717) is 31.0 Å². The van der Waals surface area contributed by atoms with Crippen LogP contribution in [0.15, 0.2) is 52.5 Å². The maximum Gasteiger partial charge on any atom is 0.271 e. The summed E-state index contributed by atoms with van der Waals surface area (Å²) >= 11 is 0. The molecule has 2 aromatic rings.